The number of halogens is 18. The number of hydrogen-bond donors (Lipinski definition) is 0. The molecule has 0 atom stereocenters. The molecule has 170 valence electrons. The number of alkyl halides is 18. The minimum atomic E-state index is -7.97. The van der Waals surface area contributed by atoms with Crippen molar-refractivity contribution in [2.24, 2.45) is 5.41 Å². The Kier molecular flexibility index (Phi) is 5.33. The zero-order valence-electron chi connectivity index (χ0n) is 12.3. The summed E-state index contributed by atoms with van der Waals surface area (Å²) in [5.41, 5.74) is -27.5. The third kappa shape index (κ3) is 3.73. The van der Waals surface area contributed by atoms with E-state index in [0.29, 0.717) is 0 Å². The Hall–Kier alpha value is -1.78. The molecule has 29 heavy (non-hydrogen) atoms. The predicted octanol–water partition coefficient (Wildman–Crippen LogP) is 6.95. The summed E-state index contributed by atoms with van der Waals surface area (Å²) < 4.78 is 233. The van der Waals surface area contributed by atoms with E-state index in [1.165, 1.54) is 0 Å². The van der Waals surface area contributed by atoms with Gasteiger partial charge in [0.15, 0.2) is 0 Å². The number of rotatable bonds is 0. The molecule has 0 unspecified atom stereocenters. The van der Waals surface area contributed by atoms with Crippen LogP contribution in [-0.2, 0) is 0 Å². The molecule has 1 aliphatic carbocycles. The van der Waals surface area contributed by atoms with E-state index in [2.05, 4.69) is 0 Å². The molecule has 0 heterocycles. The van der Waals surface area contributed by atoms with Gasteiger partial charge >= 0.3 is 37.1 Å². The zero-order chi connectivity index (χ0) is 23.8. The maximum absolute atomic E-state index is 13.1. The summed E-state index contributed by atoms with van der Waals surface area (Å²) in [6.45, 7) is 0. The molecule has 0 aromatic rings. The summed E-state index contributed by atoms with van der Waals surface area (Å²) in [6.07, 6.45) is -45.8. The van der Waals surface area contributed by atoms with Crippen LogP contribution in [0.1, 0.15) is 0 Å². The van der Waals surface area contributed by atoms with Gasteiger partial charge in [0, 0.05) is 0 Å². The van der Waals surface area contributed by atoms with Crippen molar-refractivity contribution in [2.45, 2.75) is 37.1 Å². The maximum Gasteiger partial charge on any atom is 0.417 e. The molecule has 0 bridgehead atoms. The smallest absolute Gasteiger partial charge is 0.169 e. The van der Waals surface area contributed by atoms with Crippen LogP contribution >= 0.6 is 0 Å². The van der Waals surface area contributed by atoms with Gasteiger partial charge in [0.1, 0.15) is 0 Å². The molecule has 0 saturated heterocycles. The molecule has 0 radical (unpaired) electrons. The lowest BCUT2D eigenvalue weighted by Crippen LogP contribution is -2.57. The van der Waals surface area contributed by atoms with Gasteiger partial charge in [0.2, 0.25) is 5.41 Å². The highest BCUT2D eigenvalue weighted by Crippen LogP contribution is 2.72. The van der Waals surface area contributed by atoms with E-state index >= 15 is 0 Å². The van der Waals surface area contributed by atoms with E-state index in [4.69, 9.17) is 0 Å². The van der Waals surface area contributed by atoms with Gasteiger partial charge in [-0.2, -0.15) is 79.0 Å². The molecule has 1 aliphatic rings. The summed E-state index contributed by atoms with van der Waals surface area (Å²) in [5.74, 6) is 0. The molecule has 0 nitrogen and oxygen atoms in total. The van der Waals surface area contributed by atoms with Crippen LogP contribution in [0.2, 0.25) is 0 Å². The van der Waals surface area contributed by atoms with Crippen molar-refractivity contribution in [3.8, 4) is 0 Å². The third-order valence-corrected chi connectivity index (χ3v) is 3.48. The molecule has 0 N–H and O–H groups in total. The van der Waals surface area contributed by atoms with Crippen molar-refractivity contribution in [2.75, 3.05) is 0 Å². The number of hydrogen-bond acceptors (Lipinski definition) is 0. The van der Waals surface area contributed by atoms with Gasteiger partial charge in [0.25, 0.3) is 0 Å². The van der Waals surface area contributed by atoms with Crippen LogP contribution in [-0.4, -0.2) is 37.1 Å². The molecule has 0 aliphatic heterocycles. The van der Waals surface area contributed by atoms with Crippen LogP contribution in [0.5, 0.6) is 0 Å². The molecule has 0 amide bonds. The average molecular weight is 474 g/mol. The first-order valence-electron chi connectivity index (χ1n) is 6.15. The van der Waals surface area contributed by atoms with E-state index in [-0.39, 0.29) is 0 Å². The Morgan fingerprint density at radius 3 is 0.655 bits per heavy atom. The lowest BCUT2D eigenvalue weighted by molar-refractivity contribution is -0.333. The lowest BCUT2D eigenvalue weighted by Gasteiger charge is -2.39. The van der Waals surface area contributed by atoms with Gasteiger partial charge < -0.3 is 0 Å². The summed E-state index contributed by atoms with van der Waals surface area (Å²) in [6, 6.07) is 0. The van der Waals surface area contributed by atoms with E-state index in [1.807, 2.05) is 0 Å². The molecule has 0 aromatic carbocycles. The second-order valence-electron chi connectivity index (χ2n) is 5.24. The molecule has 0 saturated carbocycles. The summed E-state index contributed by atoms with van der Waals surface area (Å²) in [5, 5.41) is 0. The first-order valence-corrected chi connectivity index (χ1v) is 6.15. The second-order valence-corrected chi connectivity index (χ2v) is 5.24. The highest BCUT2D eigenvalue weighted by Gasteiger charge is 2.86. The molecule has 1 rings (SSSR count). The fourth-order valence-corrected chi connectivity index (χ4v) is 2.75. The third-order valence-electron chi connectivity index (χ3n) is 3.48. The Morgan fingerprint density at radius 1 is 0.345 bits per heavy atom. The number of allylic oxidation sites excluding steroid dienone is 4. The van der Waals surface area contributed by atoms with Gasteiger partial charge in [-0.3, -0.25) is 0 Å². The summed E-state index contributed by atoms with van der Waals surface area (Å²) >= 11 is 0. The highest BCUT2D eigenvalue weighted by molar-refractivity contribution is 5.62. The van der Waals surface area contributed by atoms with Crippen molar-refractivity contribution in [3.63, 3.8) is 0 Å². The molecule has 0 fully saturated rings. The van der Waals surface area contributed by atoms with Crippen LogP contribution in [0.15, 0.2) is 22.3 Å². The average Bonchev–Trinajstić information content (AvgIpc) is 2.68. The Labute approximate surface area is 145 Å². The van der Waals surface area contributed by atoms with Gasteiger partial charge in [0.05, 0.1) is 22.3 Å². The van der Waals surface area contributed by atoms with Gasteiger partial charge in [-0.25, -0.2) is 0 Å². The molecule has 18 heteroatoms. The fourth-order valence-electron chi connectivity index (χ4n) is 2.75. The minimum Gasteiger partial charge on any atom is -0.169 e. The van der Waals surface area contributed by atoms with Crippen LogP contribution in [0.25, 0.3) is 0 Å². The van der Waals surface area contributed by atoms with Crippen molar-refractivity contribution in [3.05, 3.63) is 22.3 Å². The van der Waals surface area contributed by atoms with Crippen molar-refractivity contribution >= 4 is 0 Å². The lowest BCUT2D eigenvalue weighted by atomic mass is 9.73. The maximum atomic E-state index is 13.1. The molecular weight excluding hydrogens is 474 g/mol. The monoisotopic (exact) mass is 474 g/mol. The van der Waals surface area contributed by atoms with Gasteiger partial charge in [-0.15, -0.1) is 0 Å². The predicted molar refractivity (Wildman–Crippen MR) is 52.8 cm³/mol. The van der Waals surface area contributed by atoms with Crippen molar-refractivity contribution in [1.82, 2.24) is 0 Å². The van der Waals surface area contributed by atoms with Crippen molar-refractivity contribution in [1.29, 1.82) is 0 Å². The van der Waals surface area contributed by atoms with Gasteiger partial charge in [-0.1, -0.05) is 0 Å². The molecule has 0 spiro atoms. The minimum absolute atomic E-state index is 4.78. The second kappa shape index (κ2) is 6.12. The SMILES string of the molecule is FC(F)(F)C1=C(C(F)(F)F)C(C(F)(F)F)(C(F)(F)F)C(C(F)(F)F)=C1C(F)(F)F. The molecular formula is C11F18. The topological polar surface area (TPSA) is 0 Å². The van der Waals surface area contributed by atoms with Crippen LogP contribution < -0.4 is 0 Å². The van der Waals surface area contributed by atoms with Crippen LogP contribution in [0, 0.1) is 5.41 Å². The van der Waals surface area contributed by atoms with E-state index < -0.39 is 64.8 Å². The van der Waals surface area contributed by atoms with Gasteiger partial charge in [-0.05, 0) is 0 Å². The zero-order valence-corrected chi connectivity index (χ0v) is 12.3. The standard InChI is InChI=1S/C11F18/c12-6(13,14)1-2(7(15,16)17)4(9(21,22)23)5(10(24,25)26,11(27,28)29)3(1)8(18,19)20. The normalized spacial score (nSPS) is 20.1. The summed E-state index contributed by atoms with van der Waals surface area (Å²) in [4.78, 5) is 0. The van der Waals surface area contributed by atoms with Crippen molar-refractivity contribution < 1.29 is 79.0 Å². The summed E-state index contributed by atoms with van der Waals surface area (Å²) in [7, 11) is 0. The van der Waals surface area contributed by atoms with E-state index in [9.17, 15) is 79.0 Å². The fraction of sp³-hybridized carbons (Fsp3) is 0.636. The first-order chi connectivity index (χ1) is 12.2. The Bertz CT molecular complexity index is 657. The van der Waals surface area contributed by atoms with Crippen LogP contribution in [0.3, 0.4) is 0 Å². The van der Waals surface area contributed by atoms with E-state index in [1.54, 1.807) is 0 Å². The quantitative estimate of drug-likeness (QED) is 0.334. The Morgan fingerprint density at radius 2 is 0.552 bits per heavy atom. The first kappa shape index (κ1) is 25.3. The highest BCUT2D eigenvalue weighted by atomic mass is 19.4. The molecule has 0 aromatic heterocycles. The van der Waals surface area contributed by atoms with Crippen LogP contribution in [0.4, 0.5) is 79.0 Å². The van der Waals surface area contributed by atoms with E-state index in [0.717, 1.165) is 0 Å². The largest absolute Gasteiger partial charge is 0.417 e. The Balaban J connectivity index is 4.67.